The van der Waals surface area contributed by atoms with Gasteiger partial charge in [-0.05, 0) is 38.3 Å². The fourth-order valence-corrected chi connectivity index (χ4v) is 3.46. The van der Waals surface area contributed by atoms with Gasteiger partial charge in [-0.25, -0.2) is 0 Å². The molecule has 0 saturated carbocycles. The Morgan fingerprint density at radius 2 is 1.26 bits per heavy atom. The Bertz CT molecular complexity index is 266. The van der Waals surface area contributed by atoms with Crippen molar-refractivity contribution in [2.45, 2.75) is 111 Å². The summed E-state index contributed by atoms with van der Waals surface area (Å²) in [6.45, 7) is 11.6. The van der Waals surface area contributed by atoms with Crippen molar-refractivity contribution >= 4 is 0 Å². The molecule has 0 N–H and O–H groups in total. The second-order valence-corrected chi connectivity index (χ2v) is 7.08. The van der Waals surface area contributed by atoms with Crippen molar-refractivity contribution in [1.29, 1.82) is 0 Å². The van der Waals surface area contributed by atoms with E-state index in [0.29, 0.717) is 12.0 Å². The molecule has 0 spiro atoms. The van der Waals surface area contributed by atoms with Gasteiger partial charge in [0.05, 0.1) is 6.04 Å². The highest BCUT2D eigenvalue weighted by Gasteiger charge is 2.23. The van der Waals surface area contributed by atoms with Crippen LogP contribution < -0.4 is 0 Å². The molecule has 0 radical (unpaired) electrons. The molecular weight excluding hydrogens is 278 g/mol. The van der Waals surface area contributed by atoms with E-state index in [1.54, 1.807) is 0 Å². The second kappa shape index (κ2) is 16.4. The minimum absolute atomic E-state index is 0.356. The highest BCUT2D eigenvalue weighted by molar-refractivity contribution is 5.03. The molecule has 0 saturated heterocycles. The van der Waals surface area contributed by atoms with E-state index in [-0.39, 0.29) is 0 Å². The van der Waals surface area contributed by atoms with Gasteiger partial charge < -0.3 is 0 Å². The summed E-state index contributed by atoms with van der Waals surface area (Å²) in [7, 11) is 0. The summed E-state index contributed by atoms with van der Waals surface area (Å²) in [6.07, 6.45) is 21.8. The molecule has 2 atom stereocenters. The molecule has 0 amide bonds. The van der Waals surface area contributed by atoms with E-state index >= 15 is 0 Å². The van der Waals surface area contributed by atoms with Gasteiger partial charge in [-0.15, -0.1) is 6.42 Å². The Labute approximate surface area is 147 Å². The quantitative estimate of drug-likeness (QED) is 0.227. The van der Waals surface area contributed by atoms with Gasteiger partial charge in [0.25, 0.3) is 0 Å². The van der Waals surface area contributed by atoms with Crippen LogP contribution in [0.15, 0.2) is 0 Å². The largest absolute Gasteiger partial charge is 0.290 e. The molecule has 1 nitrogen and oxygen atoms in total. The Balaban J connectivity index is 4.62. The second-order valence-electron chi connectivity index (χ2n) is 7.08. The number of hydrogen-bond donors (Lipinski definition) is 0. The first-order chi connectivity index (χ1) is 11.2. The van der Waals surface area contributed by atoms with Crippen molar-refractivity contribution in [3.05, 3.63) is 0 Å². The van der Waals surface area contributed by atoms with E-state index in [2.05, 4.69) is 38.5 Å². The predicted octanol–water partition coefficient (Wildman–Crippen LogP) is 6.67. The van der Waals surface area contributed by atoms with Crippen LogP contribution in [0.25, 0.3) is 0 Å². The number of unbranched alkanes of at least 4 members (excludes halogenated alkanes) is 7. The van der Waals surface area contributed by atoms with Gasteiger partial charge >= 0.3 is 0 Å². The Morgan fingerprint density at radius 3 is 1.65 bits per heavy atom. The SMILES string of the molecule is C#CC(C(CC)CCCC)N(CCCCCC)CCCCCC. The average Bonchev–Trinajstić information content (AvgIpc) is 2.57. The lowest BCUT2D eigenvalue weighted by molar-refractivity contribution is 0.165. The van der Waals surface area contributed by atoms with Crippen LogP contribution in [-0.4, -0.2) is 24.0 Å². The first kappa shape index (κ1) is 22.5. The van der Waals surface area contributed by atoms with Crippen LogP contribution >= 0.6 is 0 Å². The Kier molecular flexibility index (Phi) is 16.0. The fraction of sp³-hybridized carbons (Fsp3) is 0.909. The summed E-state index contributed by atoms with van der Waals surface area (Å²) in [6, 6.07) is 0.356. The summed E-state index contributed by atoms with van der Waals surface area (Å²) >= 11 is 0. The van der Waals surface area contributed by atoms with Crippen LogP contribution in [-0.2, 0) is 0 Å². The summed E-state index contributed by atoms with van der Waals surface area (Å²) in [4.78, 5) is 2.65. The molecule has 0 aromatic rings. The zero-order valence-electron chi connectivity index (χ0n) is 16.6. The minimum atomic E-state index is 0.356. The van der Waals surface area contributed by atoms with Gasteiger partial charge in [0.2, 0.25) is 0 Å². The first-order valence-corrected chi connectivity index (χ1v) is 10.4. The molecule has 0 aliphatic carbocycles. The number of rotatable bonds is 16. The Hall–Kier alpha value is -0.480. The first-order valence-electron chi connectivity index (χ1n) is 10.4. The van der Waals surface area contributed by atoms with Crippen LogP contribution in [0.1, 0.15) is 105 Å². The van der Waals surface area contributed by atoms with E-state index in [1.165, 1.54) is 90.1 Å². The summed E-state index contributed by atoms with van der Waals surface area (Å²) in [5.74, 6) is 3.85. The zero-order chi connectivity index (χ0) is 17.3. The zero-order valence-corrected chi connectivity index (χ0v) is 16.6. The van der Waals surface area contributed by atoms with Crippen LogP contribution in [0, 0.1) is 18.3 Å². The molecular formula is C22H43N. The number of hydrogen-bond acceptors (Lipinski definition) is 1. The van der Waals surface area contributed by atoms with Crippen LogP contribution in [0.2, 0.25) is 0 Å². The standard InChI is InChI=1S/C22H43N/c1-6-11-14-16-19-23(20-17-15-12-7-2)22(10-5)21(9-4)18-13-8-3/h5,21-22H,6-9,11-20H2,1-4H3. The number of nitrogens with zero attached hydrogens (tertiary/aromatic N) is 1. The molecule has 0 aliphatic heterocycles. The Morgan fingerprint density at radius 1 is 0.739 bits per heavy atom. The summed E-state index contributed by atoms with van der Waals surface area (Å²) in [5.41, 5.74) is 0. The third kappa shape index (κ3) is 10.8. The van der Waals surface area contributed by atoms with Crippen LogP contribution in [0.5, 0.6) is 0 Å². The number of terminal acetylenes is 1. The molecule has 0 heterocycles. The van der Waals surface area contributed by atoms with E-state index in [0.717, 1.165) is 0 Å². The fourth-order valence-electron chi connectivity index (χ4n) is 3.46. The smallest absolute Gasteiger partial charge is 0.0740 e. The van der Waals surface area contributed by atoms with Gasteiger partial charge in [0, 0.05) is 0 Å². The molecule has 0 aromatic carbocycles. The molecule has 0 aliphatic rings. The van der Waals surface area contributed by atoms with Crippen molar-refractivity contribution in [3.8, 4) is 12.3 Å². The van der Waals surface area contributed by atoms with Gasteiger partial charge in [-0.1, -0.05) is 91.4 Å². The lowest BCUT2D eigenvalue weighted by atomic mass is 9.90. The minimum Gasteiger partial charge on any atom is -0.290 e. The molecule has 1 heteroatoms. The van der Waals surface area contributed by atoms with E-state index < -0.39 is 0 Å². The molecule has 0 fully saturated rings. The van der Waals surface area contributed by atoms with E-state index in [1.807, 2.05) is 0 Å². The van der Waals surface area contributed by atoms with E-state index in [4.69, 9.17) is 6.42 Å². The summed E-state index contributed by atoms with van der Waals surface area (Å²) in [5, 5.41) is 0. The molecule has 0 bridgehead atoms. The van der Waals surface area contributed by atoms with Crippen LogP contribution in [0.3, 0.4) is 0 Å². The van der Waals surface area contributed by atoms with E-state index in [9.17, 15) is 0 Å². The van der Waals surface area contributed by atoms with Gasteiger partial charge in [-0.2, -0.15) is 0 Å². The normalized spacial score (nSPS) is 13.9. The van der Waals surface area contributed by atoms with Crippen molar-refractivity contribution in [2.75, 3.05) is 13.1 Å². The summed E-state index contributed by atoms with van der Waals surface area (Å²) < 4.78 is 0. The molecule has 136 valence electrons. The van der Waals surface area contributed by atoms with Crippen molar-refractivity contribution in [2.24, 2.45) is 5.92 Å². The monoisotopic (exact) mass is 321 g/mol. The molecule has 0 rings (SSSR count). The van der Waals surface area contributed by atoms with Crippen molar-refractivity contribution < 1.29 is 0 Å². The maximum absolute atomic E-state index is 5.99. The lowest BCUT2D eigenvalue weighted by Crippen LogP contribution is -2.41. The lowest BCUT2D eigenvalue weighted by Gasteiger charge is -2.34. The van der Waals surface area contributed by atoms with Crippen LogP contribution in [0.4, 0.5) is 0 Å². The van der Waals surface area contributed by atoms with Crippen molar-refractivity contribution in [1.82, 2.24) is 4.90 Å². The third-order valence-electron chi connectivity index (χ3n) is 5.06. The van der Waals surface area contributed by atoms with Gasteiger partial charge in [0.15, 0.2) is 0 Å². The molecule has 0 aromatic heterocycles. The highest BCUT2D eigenvalue weighted by atomic mass is 15.1. The molecule has 2 unspecified atom stereocenters. The predicted molar refractivity (Wildman–Crippen MR) is 106 cm³/mol. The molecule has 23 heavy (non-hydrogen) atoms. The van der Waals surface area contributed by atoms with Crippen molar-refractivity contribution in [3.63, 3.8) is 0 Å². The average molecular weight is 322 g/mol. The highest BCUT2D eigenvalue weighted by Crippen LogP contribution is 2.22. The maximum atomic E-state index is 5.99. The third-order valence-corrected chi connectivity index (χ3v) is 5.06. The maximum Gasteiger partial charge on any atom is 0.0740 e. The topological polar surface area (TPSA) is 3.24 Å². The van der Waals surface area contributed by atoms with Gasteiger partial charge in [-0.3, -0.25) is 4.90 Å². The van der Waals surface area contributed by atoms with Gasteiger partial charge in [0.1, 0.15) is 0 Å².